The highest BCUT2D eigenvalue weighted by Crippen LogP contribution is 2.39. The lowest BCUT2D eigenvalue weighted by atomic mass is 9.92. The third-order valence-electron chi connectivity index (χ3n) is 5.65. The molecule has 5 N–H and O–H groups in total. The van der Waals surface area contributed by atoms with Crippen molar-refractivity contribution >= 4 is 39.5 Å². The maximum absolute atomic E-state index is 12.6. The van der Waals surface area contributed by atoms with Gasteiger partial charge in [-0.3, -0.25) is 4.72 Å². The van der Waals surface area contributed by atoms with Gasteiger partial charge >= 0.3 is 5.97 Å². The first-order valence-corrected chi connectivity index (χ1v) is 12.7. The first-order chi connectivity index (χ1) is 17.8. The number of benzene rings is 2. The van der Waals surface area contributed by atoms with E-state index < -0.39 is 27.3 Å². The number of carboxylic acids is 1. The Balaban J connectivity index is 1.68. The first-order valence-electron chi connectivity index (χ1n) is 11.3. The SMILES string of the molecule is O=CCc1c(O)c(C(=O)O)cc(N=Nc2ccc(S(=O)(=O)Nc3ccccn3)cc2)c1C1CNCCN1. The number of aromatic hydroxyl groups is 1. The molecule has 1 aromatic heterocycles. The van der Waals surface area contributed by atoms with E-state index in [1.807, 2.05) is 0 Å². The molecule has 1 saturated heterocycles. The number of carboxylic acid groups (broad SMARTS) is 1. The number of piperazine rings is 1. The van der Waals surface area contributed by atoms with E-state index in [1.54, 1.807) is 12.1 Å². The van der Waals surface area contributed by atoms with Crippen LogP contribution in [0.4, 0.5) is 17.2 Å². The standard InChI is InChI=1S/C24H24N6O6S/c31-12-8-17-22(20-14-25-10-11-26-20)19(13-18(23(17)32)24(33)34)29-28-15-4-6-16(7-5-15)37(35,36)30-21-3-1-2-9-27-21/h1-7,9,12-13,20,25-26,32H,8,10-11,14H2,(H,27,30)(H,33,34). The van der Waals surface area contributed by atoms with Crippen molar-refractivity contribution in [2.75, 3.05) is 24.4 Å². The summed E-state index contributed by atoms with van der Waals surface area (Å²) in [5.41, 5.74) is 0.692. The maximum Gasteiger partial charge on any atom is 0.339 e. The van der Waals surface area contributed by atoms with E-state index in [4.69, 9.17) is 0 Å². The Morgan fingerprint density at radius 3 is 2.57 bits per heavy atom. The monoisotopic (exact) mass is 524 g/mol. The number of pyridine rings is 1. The average Bonchev–Trinajstić information content (AvgIpc) is 2.90. The highest BCUT2D eigenvalue weighted by atomic mass is 32.2. The van der Waals surface area contributed by atoms with E-state index in [1.165, 1.54) is 42.6 Å². The van der Waals surface area contributed by atoms with Crippen LogP contribution in [0, 0.1) is 0 Å². The molecule has 1 unspecified atom stereocenters. The van der Waals surface area contributed by atoms with E-state index in [-0.39, 0.29) is 34.4 Å². The highest BCUT2D eigenvalue weighted by molar-refractivity contribution is 7.92. The van der Waals surface area contributed by atoms with Crippen LogP contribution in [0.3, 0.4) is 0 Å². The molecular weight excluding hydrogens is 500 g/mol. The van der Waals surface area contributed by atoms with Gasteiger partial charge < -0.3 is 25.6 Å². The van der Waals surface area contributed by atoms with E-state index in [9.17, 15) is 28.2 Å². The van der Waals surface area contributed by atoms with Gasteiger partial charge in [0.25, 0.3) is 10.0 Å². The molecule has 1 atom stereocenters. The maximum atomic E-state index is 12.6. The molecule has 0 bridgehead atoms. The Morgan fingerprint density at radius 1 is 1.16 bits per heavy atom. The minimum absolute atomic E-state index is 0.0126. The lowest BCUT2D eigenvalue weighted by Crippen LogP contribution is -2.43. The van der Waals surface area contributed by atoms with Crippen LogP contribution in [-0.2, 0) is 21.2 Å². The molecule has 192 valence electrons. The number of hydrogen-bond donors (Lipinski definition) is 5. The van der Waals surface area contributed by atoms with Gasteiger partial charge in [-0.05, 0) is 42.5 Å². The predicted octanol–water partition coefficient (Wildman–Crippen LogP) is 2.68. The summed E-state index contributed by atoms with van der Waals surface area (Å²) in [7, 11) is -3.88. The summed E-state index contributed by atoms with van der Waals surface area (Å²) in [6.45, 7) is 1.81. The third-order valence-corrected chi connectivity index (χ3v) is 7.03. The van der Waals surface area contributed by atoms with Gasteiger partial charge in [0.05, 0.1) is 16.3 Å². The molecule has 37 heavy (non-hydrogen) atoms. The normalized spacial score (nSPS) is 15.9. The summed E-state index contributed by atoms with van der Waals surface area (Å²) in [5.74, 6) is -1.69. The van der Waals surface area contributed by atoms with E-state index >= 15 is 0 Å². The Hall–Kier alpha value is -4.20. The molecule has 0 saturated carbocycles. The molecule has 4 rings (SSSR count). The number of azo groups is 1. The lowest BCUT2D eigenvalue weighted by Gasteiger charge is -2.28. The largest absolute Gasteiger partial charge is 0.507 e. The molecule has 0 radical (unpaired) electrons. The summed E-state index contributed by atoms with van der Waals surface area (Å²) >= 11 is 0. The smallest absolute Gasteiger partial charge is 0.339 e. The van der Waals surface area contributed by atoms with Crippen LogP contribution in [0.1, 0.15) is 27.5 Å². The number of hydrogen-bond acceptors (Lipinski definition) is 10. The van der Waals surface area contributed by atoms with Crippen molar-refractivity contribution in [3.8, 4) is 5.75 Å². The number of rotatable bonds is 9. The molecule has 1 aliphatic rings. The van der Waals surface area contributed by atoms with E-state index in [2.05, 4.69) is 30.6 Å². The number of aldehydes is 1. The van der Waals surface area contributed by atoms with Gasteiger partial charge in [0.15, 0.2) is 0 Å². The number of aromatic carboxylic acids is 1. The number of nitrogens with one attached hydrogen (secondary N) is 3. The molecule has 1 aliphatic heterocycles. The molecule has 12 nitrogen and oxygen atoms in total. The topological polar surface area (TPSA) is 182 Å². The summed E-state index contributed by atoms with van der Waals surface area (Å²) in [4.78, 5) is 27.0. The van der Waals surface area contributed by atoms with Crippen LogP contribution < -0.4 is 15.4 Å². The van der Waals surface area contributed by atoms with Crippen molar-refractivity contribution in [2.45, 2.75) is 17.4 Å². The minimum Gasteiger partial charge on any atom is -0.507 e. The van der Waals surface area contributed by atoms with Gasteiger partial charge in [-0.25, -0.2) is 18.2 Å². The van der Waals surface area contributed by atoms with Crippen molar-refractivity contribution in [3.05, 3.63) is 71.4 Å². The van der Waals surface area contributed by atoms with Crippen molar-refractivity contribution in [1.82, 2.24) is 15.6 Å². The van der Waals surface area contributed by atoms with Gasteiger partial charge in [-0.2, -0.15) is 10.2 Å². The number of carbonyl (C=O) groups is 2. The van der Waals surface area contributed by atoms with Crippen molar-refractivity contribution in [2.24, 2.45) is 10.2 Å². The van der Waals surface area contributed by atoms with Gasteiger partial charge in [0.2, 0.25) is 0 Å². The fraction of sp³-hybridized carbons (Fsp3) is 0.208. The van der Waals surface area contributed by atoms with Gasteiger partial charge in [0, 0.05) is 49.4 Å². The van der Waals surface area contributed by atoms with E-state index in [0.29, 0.717) is 30.6 Å². The first kappa shape index (κ1) is 25.9. The second kappa shape index (κ2) is 11.2. The molecule has 13 heteroatoms. The van der Waals surface area contributed by atoms with Crippen LogP contribution in [0.15, 0.2) is 69.9 Å². The van der Waals surface area contributed by atoms with Crippen LogP contribution in [0.5, 0.6) is 5.75 Å². The number of anilines is 1. The zero-order chi connectivity index (χ0) is 26.4. The fourth-order valence-electron chi connectivity index (χ4n) is 3.93. The average molecular weight is 525 g/mol. The Morgan fingerprint density at radius 2 is 1.95 bits per heavy atom. The van der Waals surface area contributed by atoms with Crippen LogP contribution >= 0.6 is 0 Å². The molecule has 0 amide bonds. The van der Waals surface area contributed by atoms with E-state index in [0.717, 1.165) is 6.54 Å². The molecule has 0 spiro atoms. The number of phenols is 1. The summed E-state index contributed by atoms with van der Waals surface area (Å²) in [5, 5.41) is 35.0. The minimum atomic E-state index is -3.88. The van der Waals surface area contributed by atoms with Crippen LogP contribution in [0.25, 0.3) is 0 Å². The van der Waals surface area contributed by atoms with Gasteiger partial charge in [-0.1, -0.05) is 6.07 Å². The summed E-state index contributed by atoms with van der Waals surface area (Å²) in [6, 6.07) is 11.3. The highest BCUT2D eigenvalue weighted by Gasteiger charge is 2.27. The zero-order valence-electron chi connectivity index (χ0n) is 19.5. The van der Waals surface area contributed by atoms with Crippen molar-refractivity contribution in [1.29, 1.82) is 0 Å². The van der Waals surface area contributed by atoms with Gasteiger partial charge in [0.1, 0.15) is 23.4 Å². The molecular formula is C24H24N6O6S. The number of nitrogens with zero attached hydrogens (tertiary/aromatic N) is 3. The quantitative estimate of drug-likeness (QED) is 0.207. The second-order valence-corrected chi connectivity index (χ2v) is 9.77. The van der Waals surface area contributed by atoms with Gasteiger partial charge in [-0.15, -0.1) is 0 Å². The van der Waals surface area contributed by atoms with Crippen LogP contribution in [0.2, 0.25) is 0 Å². The zero-order valence-corrected chi connectivity index (χ0v) is 20.3. The number of sulfonamides is 1. The Labute approximate surface area is 212 Å². The third kappa shape index (κ3) is 5.97. The summed E-state index contributed by atoms with van der Waals surface area (Å²) < 4.78 is 27.6. The fourth-order valence-corrected chi connectivity index (χ4v) is 4.94. The lowest BCUT2D eigenvalue weighted by molar-refractivity contribution is -0.107. The summed E-state index contributed by atoms with van der Waals surface area (Å²) in [6.07, 6.45) is 1.84. The van der Waals surface area contributed by atoms with Crippen molar-refractivity contribution < 1.29 is 28.2 Å². The van der Waals surface area contributed by atoms with Crippen LogP contribution in [-0.4, -0.2) is 55.5 Å². The second-order valence-electron chi connectivity index (χ2n) is 8.09. The predicted molar refractivity (Wildman–Crippen MR) is 134 cm³/mol. The van der Waals surface area contributed by atoms with Crippen molar-refractivity contribution in [3.63, 3.8) is 0 Å². The molecule has 2 aromatic carbocycles. The molecule has 3 aromatic rings. The Kier molecular flexibility index (Phi) is 7.86. The molecule has 1 fully saturated rings. The molecule has 0 aliphatic carbocycles. The Bertz CT molecular complexity index is 1420. The number of aromatic nitrogens is 1. The number of carbonyl (C=O) groups excluding carboxylic acids is 1. The molecule has 2 heterocycles.